The zero-order valence-electron chi connectivity index (χ0n) is 9.39. The van der Waals surface area contributed by atoms with Crippen LogP contribution in [-0.2, 0) is 0 Å². The van der Waals surface area contributed by atoms with E-state index in [-0.39, 0.29) is 5.69 Å². The number of halogens is 1. The van der Waals surface area contributed by atoms with Crippen LogP contribution < -0.4 is 10.2 Å². The standard InChI is InChI=1S/C10H13ClN4O2/c1-12-7-2-3-14(6-7)10-9(11)4-8(5-13-10)15(16)17/h4-5,7,12H,2-3,6H2,1H3. The van der Waals surface area contributed by atoms with Crippen LogP contribution in [0.3, 0.4) is 0 Å². The molecule has 7 heteroatoms. The largest absolute Gasteiger partial charge is 0.354 e. The average Bonchev–Trinajstić information content (AvgIpc) is 2.77. The summed E-state index contributed by atoms with van der Waals surface area (Å²) in [5.41, 5.74) is -0.0805. The lowest BCUT2D eigenvalue weighted by atomic mass is 10.3. The van der Waals surface area contributed by atoms with Crippen molar-refractivity contribution in [1.82, 2.24) is 10.3 Å². The monoisotopic (exact) mass is 256 g/mol. The number of pyridine rings is 1. The second-order valence-corrected chi connectivity index (χ2v) is 4.38. The van der Waals surface area contributed by atoms with Crippen molar-refractivity contribution >= 4 is 23.1 Å². The second-order valence-electron chi connectivity index (χ2n) is 3.98. The maximum absolute atomic E-state index is 10.6. The van der Waals surface area contributed by atoms with E-state index in [9.17, 15) is 10.1 Å². The zero-order valence-corrected chi connectivity index (χ0v) is 10.1. The number of likely N-dealkylation sites (N-methyl/N-ethyl adjacent to an activating group) is 1. The summed E-state index contributed by atoms with van der Waals surface area (Å²) in [7, 11) is 1.92. The second kappa shape index (κ2) is 4.85. The first kappa shape index (κ1) is 12.1. The molecule has 1 saturated heterocycles. The Bertz CT molecular complexity index is 440. The highest BCUT2D eigenvalue weighted by atomic mass is 35.5. The Kier molecular flexibility index (Phi) is 3.44. The van der Waals surface area contributed by atoms with Crippen LogP contribution in [0.4, 0.5) is 11.5 Å². The van der Waals surface area contributed by atoms with E-state index in [0.717, 1.165) is 19.5 Å². The molecule has 2 rings (SSSR count). The summed E-state index contributed by atoms with van der Waals surface area (Å²) in [4.78, 5) is 16.2. The summed E-state index contributed by atoms with van der Waals surface area (Å²) < 4.78 is 0. The number of nitrogens with zero attached hydrogens (tertiary/aromatic N) is 3. The molecule has 1 aromatic rings. The number of aromatic nitrogens is 1. The molecule has 1 aromatic heterocycles. The first-order valence-electron chi connectivity index (χ1n) is 5.34. The molecule has 92 valence electrons. The van der Waals surface area contributed by atoms with E-state index in [0.29, 0.717) is 16.9 Å². The molecule has 0 aliphatic carbocycles. The highest BCUT2D eigenvalue weighted by Gasteiger charge is 2.24. The molecule has 0 radical (unpaired) electrons. The number of nitrogens with one attached hydrogen (secondary N) is 1. The Hall–Kier alpha value is -1.40. The van der Waals surface area contributed by atoms with Gasteiger partial charge in [0.15, 0.2) is 0 Å². The van der Waals surface area contributed by atoms with Crippen LogP contribution in [0.25, 0.3) is 0 Å². The molecular weight excluding hydrogens is 244 g/mol. The molecule has 1 N–H and O–H groups in total. The fraction of sp³-hybridized carbons (Fsp3) is 0.500. The molecule has 17 heavy (non-hydrogen) atoms. The van der Waals surface area contributed by atoms with E-state index in [1.54, 1.807) is 0 Å². The highest BCUT2D eigenvalue weighted by Crippen LogP contribution is 2.29. The minimum absolute atomic E-state index is 0.0805. The third-order valence-electron chi connectivity index (χ3n) is 2.91. The highest BCUT2D eigenvalue weighted by molar-refractivity contribution is 6.33. The lowest BCUT2D eigenvalue weighted by Crippen LogP contribution is -2.30. The molecule has 2 heterocycles. The predicted octanol–water partition coefficient (Wildman–Crippen LogP) is 1.44. The minimum Gasteiger partial charge on any atom is -0.354 e. The number of anilines is 1. The van der Waals surface area contributed by atoms with Crippen LogP contribution in [0.2, 0.25) is 5.02 Å². The van der Waals surface area contributed by atoms with Gasteiger partial charge in [-0.2, -0.15) is 0 Å². The van der Waals surface area contributed by atoms with Crippen LogP contribution in [0.15, 0.2) is 12.3 Å². The van der Waals surface area contributed by atoms with Crippen LogP contribution in [0.5, 0.6) is 0 Å². The Morgan fingerprint density at radius 2 is 2.47 bits per heavy atom. The third-order valence-corrected chi connectivity index (χ3v) is 3.19. The summed E-state index contributed by atoms with van der Waals surface area (Å²) >= 11 is 6.02. The smallest absolute Gasteiger partial charge is 0.289 e. The Balaban J connectivity index is 2.20. The summed E-state index contributed by atoms with van der Waals surface area (Å²) in [6.45, 7) is 1.68. The number of nitro groups is 1. The van der Waals surface area contributed by atoms with Gasteiger partial charge in [0, 0.05) is 25.2 Å². The van der Waals surface area contributed by atoms with Crippen LogP contribution in [-0.4, -0.2) is 36.1 Å². The van der Waals surface area contributed by atoms with E-state index in [4.69, 9.17) is 11.6 Å². The molecule has 0 spiro atoms. The molecule has 6 nitrogen and oxygen atoms in total. The van der Waals surface area contributed by atoms with Crippen molar-refractivity contribution in [2.24, 2.45) is 0 Å². The van der Waals surface area contributed by atoms with Gasteiger partial charge < -0.3 is 10.2 Å². The van der Waals surface area contributed by atoms with E-state index < -0.39 is 4.92 Å². The maximum Gasteiger partial charge on any atom is 0.289 e. The van der Waals surface area contributed by atoms with Crippen molar-refractivity contribution in [2.45, 2.75) is 12.5 Å². The molecule has 1 aliphatic heterocycles. The number of hydrogen-bond acceptors (Lipinski definition) is 5. The molecule has 0 amide bonds. The van der Waals surface area contributed by atoms with E-state index >= 15 is 0 Å². The quantitative estimate of drug-likeness (QED) is 0.655. The van der Waals surface area contributed by atoms with Crippen molar-refractivity contribution in [3.05, 3.63) is 27.4 Å². The van der Waals surface area contributed by atoms with Crippen molar-refractivity contribution < 1.29 is 4.92 Å². The fourth-order valence-corrected chi connectivity index (χ4v) is 2.22. The molecule has 1 fully saturated rings. The molecule has 1 unspecified atom stereocenters. The topological polar surface area (TPSA) is 71.3 Å². The molecule has 1 aliphatic rings. The molecule has 0 aromatic carbocycles. The van der Waals surface area contributed by atoms with Gasteiger partial charge in [-0.05, 0) is 13.5 Å². The van der Waals surface area contributed by atoms with Gasteiger partial charge in [0.05, 0.1) is 9.95 Å². The van der Waals surface area contributed by atoms with E-state index in [2.05, 4.69) is 10.3 Å². The maximum atomic E-state index is 10.6. The van der Waals surface area contributed by atoms with Crippen molar-refractivity contribution in [1.29, 1.82) is 0 Å². The van der Waals surface area contributed by atoms with Crippen LogP contribution >= 0.6 is 11.6 Å². The van der Waals surface area contributed by atoms with Gasteiger partial charge in [-0.25, -0.2) is 4.98 Å². The lowest BCUT2D eigenvalue weighted by Gasteiger charge is -2.18. The zero-order chi connectivity index (χ0) is 12.4. The van der Waals surface area contributed by atoms with Gasteiger partial charge >= 0.3 is 0 Å². The Morgan fingerprint density at radius 3 is 3.00 bits per heavy atom. The van der Waals surface area contributed by atoms with Gasteiger partial charge in [-0.3, -0.25) is 10.1 Å². The van der Waals surface area contributed by atoms with Gasteiger partial charge in [-0.15, -0.1) is 0 Å². The van der Waals surface area contributed by atoms with Crippen LogP contribution in [0, 0.1) is 10.1 Å². The van der Waals surface area contributed by atoms with Crippen LogP contribution in [0.1, 0.15) is 6.42 Å². The SMILES string of the molecule is CNC1CCN(c2ncc([N+](=O)[O-])cc2Cl)C1. The summed E-state index contributed by atoms with van der Waals surface area (Å²) in [5.74, 6) is 0.620. The van der Waals surface area contributed by atoms with Crippen molar-refractivity contribution in [2.75, 3.05) is 25.0 Å². The normalized spacial score (nSPS) is 19.6. The summed E-state index contributed by atoms with van der Waals surface area (Å²) in [6, 6.07) is 1.76. The third kappa shape index (κ3) is 2.48. The molecular formula is C10H13ClN4O2. The summed E-state index contributed by atoms with van der Waals surface area (Å²) in [6.07, 6.45) is 2.26. The predicted molar refractivity (Wildman–Crippen MR) is 65.6 cm³/mol. The van der Waals surface area contributed by atoms with Gasteiger partial charge in [0.1, 0.15) is 12.0 Å². The fourth-order valence-electron chi connectivity index (χ4n) is 1.94. The lowest BCUT2D eigenvalue weighted by molar-refractivity contribution is -0.385. The van der Waals surface area contributed by atoms with Gasteiger partial charge in [-0.1, -0.05) is 11.6 Å². The van der Waals surface area contributed by atoms with Gasteiger partial charge in [0.25, 0.3) is 5.69 Å². The molecule has 0 bridgehead atoms. The molecule has 1 atom stereocenters. The average molecular weight is 257 g/mol. The van der Waals surface area contributed by atoms with E-state index in [1.807, 2.05) is 11.9 Å². The van der Waals surface area contributed by atoms with Crippen molar-refractivity contribution in [3.8, 4) is 0 Å². The minimum atomic E-state index is -0.497. The molecule has 0 saturated carbocycles. The Morgan fingerprint density at radius 1 is 1.71 bits per heavy atom. The first-order valence-corrected chi connectivity index (χ1v) is 5.71. The first-order chi connectivity index (χ1) is 8.11. The van der Waals surface area contributed by atoms with Crippen molar-refractivity contribution in [3.63, 3.8) is 0 Å². The number of rotatable bonds is 3. The summed E-state index contributed by atoms with van der Waals surface area (Å²) in [5, 5.41) is 14.1. The van der Waals surface area contributed by atoms with Gasteiger partial charge in [0.2, 0.25) is 0 Å². The van der Waals surface area contributed by atoms with E-state index in [1.165, 1.54) is 12.3 Å². The Labute approximate surface area is 104 Å². The number of hydrogen-bond donors (Lipinski definition) is 1.